The first-order valence-electron chi connectivity index (χ1n) is 6.30. The van der Waals surface area contributed by atoms with E-state index in [1.54, 1.807) is 0 Å². The molecule has 0 saturated heterocycles. The predicted octanol–water partition coefficient (Wildman–Crippen LogP) is 1.85. The van der Waals surface area contributed by atoms with Crippen LogP contribution in [-0.4, -0.2) is 11.6 Å². The van der Waals surface area contributed by atoms with E-state index in [2.05, 4.69) is 12.2 Å². The van der Waals surface area contributed by atoms with Gasteiger partial charge in [-0.25, -0.2) is 0 Å². The van der Waals surface area contributed by atoms with Gasteiger partial charge in [-0.15, -0.1) is 0 Å². The maximum atomic E-state index is 12.4. The maximum Gasteiger partial charge on any atom is 0.150 e. The Labute approximate surface area is 95.1 Å². The Morgan fingerprint density at radius 3 is 1.88 bits per heavy atom. The van der Waals surface area contributed by atoms with E-state index >= 15 is 0 Å². The average molecular weight is 216 g/mol. The van der Waals surface area contributed by atoms with E-state index in [1.807, 2.05) is 13.8 Å². The lowest BCUT2D eigenvalue weighted by molar-refractivity contribution is -0.134. The molecule has 84 valence electrons. The number of hydrogen-bond donors (Lipinski definition) is 0. The van der Waals surface area contributed by atoms with Crippen molar-refractivity contribution in [3.05, 3.63) is 12.2 Å². The lowest BCUT2D eigenvalue weighted by Gasteiger charge is -2.39. The minimum atomic E-state index is -0.714. The standard InChI is InChI=1S/C14H16O2/c1-14(2)12(15)10-6-3-4-7(9-5-8(6)9)11(10)13(14)16/h3-4,6-11H,5H2,1-2H3/t6-,7-,8-,9+,10-,11+/m0/s1. The minimum absolute atomic E-state index is 0.0289. The zero-order chi connectivity index (χ0) is 11.2. The highest BCUT2D eigenvalue weighted by Crippen LogP contribution is 2.67. The lowest BCUT2D eigenvalue weighted by atomic mass is 9.63. The fourth-order valence-corrected chi connectivity index (χ4v) is 4.54. The van der Waals surface area contributed by atoms with Crippen LogP contribution in [0.25, 0.3) is 0 Å². The van der Waals surface area contributed by atoms with Crippen molar-refractivity contribution in [3.63, 3.8) is 0 Å². The van der Waals surface area contributed by atoms with E-state index in [1.165, 1.54) is 6.42 Å². The summed E-state index contributed by atoms with van der Waals surface area (Å²) in [4.78, 5) is 24.7. The first-order chi connectivity index (χ1) is 7.53. The van der Waals surface area contributed by atoms with Crippen LogP contribution in [0, 0.1) is 40.9 Å². The molecule has 0 N–H and O–H groups in total. The maximum absolute atomic E-state index is 12.4. The second kappa shape index (κ2) is 2.34. The summed E-state index contributed by atoms with van der Waals surface area (Å²) in [5, 5.41) is 0. The van der Waals surface area contributed by atoms with Gasteiger partial charge in [-0.05, 0) is 43.9 Å². The second-order valence-corrected chi connectivity index (χ2v) is 6.51. The molecule has 0 spiro atoms. The SMILES string of the molecule is CC1(C)C(=O)[C@@H]2[C@H]3C=C[C@@H]([C@@H]4C[C@H]34)[C@@H]2C1=O. The molecular formula is C14H16O2. The summed E-state index contributed by atoms with van der Waals surface area (Å²) in [5.41, 5.74) is -0.714. The third-order valence-corrected chi connectivity index (χ3v) is 5.49. The Bertz CT molecular complexity index is 408. The Kier molecular flexibility index (Phi) is 1.34. The Morgan fingerprint density at radius 2 is 1.44 bits per heavy atom. The predicted molar refractivity (Wildman–Crippen MR) is 58.5 cm³/mol. The van der Waals surface area contributed by atoms with Gasteiger partial charge < -0.3 is 0 Å². The normalized spacial score (nSPS) is 55.1. The van der Waals surface area contributed by atoms with E-state index in [-0.39, 0.29) is 23.4 Å². The summed E-state index contributed by atoms with van der Waals surface area (Å²) in [6.45, 7) is 3.64. The molecule has 0 aliphatic heterocycles. The van der Waals surface area contributed by atoms with Crippen molar-refractivity contribution in [2.45, 2.75) is 20.3 Å². The average Bonchev–Trinajstić information content (AvgIpc) is 3.03. The highest BCUT2D eigenvalue weighted by Gasteiger charge is 2.68. The Morgan fingerprint density at radius 1 is 1.00 bits per heavy atom. The molecule has 0 aromatic heterocycles. The zero-order valence-electron chi connectivity index (χ0n) is 9.64. The van der Waals surface area contributed by atoms with Crippen LogP contribution in [0.2, 0.25) is 0 Å². The first-order valence-corrected chi connectivity index (χ1v) is 6.30. The van der Waals surface area contributed by atoms with Gasteiger partial charge in [-0.3, -0.25) is 9.59 Å². The lowest BCUT2D eigenvalue weighted by Crippen LogP contribution is -2.40. The number of allylic oxidation sites excluding steroid dienone is 2. The van der Waals surface area contributed by atoms with E-state index in [9.17, 15) is 9.59 Å². The van der Waals surface area contributed by atoms with Crippen molar-refractivity contribution >= 4 is 11.6 Å². The van der Waals surface area contributed by atoms with Gasteiger partial charge in [0.1, 0.15) is 11.6 Å². The van der Waals surface area contributed by atoms with Crippen molar-refractivity contribution in [3.8, 4) is 0 Å². The quantitative estimate of drug-likeness (QED) is 0.457. The van der Waals surface area contributed by atoms with E-state index < -0.39 is 5.41 Å². The van der Waals surface area contributed by atoms with Gasteiger partial charge in [-0.1, -0.05) is 12.2 Å². The molecule has 3 fully saturated rings. The summed E-state index contributed by atoms with van der Waals surface area (Å²) in [6, 6.07) is 0. The molecule has 5 rings (SSSR count). The molecule has 0 amide bonds. The molecule has 3 saturated carbocycles. The van der Waals surface area contributed by atoms with Crippen LogP contribution >= 0.6 is 0 Å². The Balaban J connectivity index is 1.88. The Hall–Kier alpha value is -0.920. The molecule has 0 aromatic rings. The number of hydrogen-bond acceptors (Lipinski definition) is 2. The molecule has 6 atom stereocenters. The fraction of sp³-hybridized carbons (Fsp3) is 0.714. The van der Waals surface area contributed by atoms with Gasteiger partial charge in [0.2, 0.25) is 0 Å². The highest BCUT2D eigenvalue weighted by atomic mass is 16.2. The number of rotatable bonds is 0. The summed E-state index contributed by atoms with van der Waals surface area (Å²) in [5.74, 6) is 2.71. The van der Waals surface area contributed by atoms with Crippen molar-refractivity contribution in [2.24, 2.45) is 40.9 Å². The molecule has 5 aliphatic rings. The van der Waals surface area contributed by atoms with Crippen LogP contribution < -0.4 is 0 Å². The van der Waals surface area contributed by atoms with Crippen molar-refractivity contribution in [1.29, 1.82) is 0 Å². The first kappa shape index (κ1) is 9.15. The molecule has 2 nitrogen and oxygen atoms in total. The van der Waals surface area contributed by atoms with Crippen LogP contribution in [0.5, 0.6) is 0 Å². The van der Waals surface area contributed by atoms with Gasteiger partial charge in [0.05, 0.1) is 5.41 Å². The molecule has 16 heavy (non-hydrogen) atoms. The number of carbonyl (C=O) groups excluding carboxylic acids is 2. The molecule has 2 bridgehead atoms. The smallest absolute Gasteiger partial charge is 0.150 e. The molecule has 2 heteroatoms. The largest absolute Gasteiger partial charge is 0.298 e. The molecular weight excluding hydrogens is 200 g/mol. The van der Waals surface area contributed by atoms with E-state index in [4.69, 9.17) is 0 Å². The third kappa shape index (κ3) is 0.761. The van der Waals surface area contributed by atoms with Crippen LogP contribution in [0.4, 0.5) is 0 Å². The van der Waals surface area contributed by atoms with Gasteiger partial charge in [0.25, 0.3) is 0 Å². The van der Waals surface area contributed by atoms with Crippen LogP contribution in [0.1, 0.15) is 20.3 Å². The summed E-state index contributed by atoms with van der Waals surface area (Å²) in [7, 11) is 0. The van der Waals surface area contributed by atoms with Crippen molar-refractivity contribution < 1.29 is 9.59 Å². The molecule has 5 aliphatic carbocycles. The van der Waals surface area contributed by atoms with Crippen LogP contribution in [0.15, 0.2) is 12.2 Å². The van der Waals surface area contributed by atoms with Gasteiger partial charge >= 0.3 is 0 Å². The summed E-state index contributed by atoms with van der Waals surface area (Å²) < 4.78 is 0. The number of ketones is 2. The number of carbonyl (C=O) groups is 2. The molecule has 0 radical (unpaired) electrons. The summed E-state index contributed by atoms with van der Waals surface area (Å²) >= 11 is 0. The monoisotopic (exact) mass is 216 g/mol. The van der Waals surface area contributed by atoms with Gasteiger partial charge in [0.15, 0.2) is 0 Å². The molecule has 0 heterocycles. The topological polar surface area (TPSA) is 34.1 Å². The van der Waals surface area contributed by atoms with Crippen molar-refractivity contribution in [1.82, 2.24) is 0 Å². The van der Waals surface area contributed by atoms with E-state index in [0.29, 0.717) is 11.8 Å². The van der Waals surface area contributed by atoms with Crippen LogP contribution in [-0.2, 0) is 9.59 Å². The van der Waals surface area contributed by atoms with Crippen LogP contribution in [0.3, 0.4) is 0 Å². The van der Waals surface area contributed by atoms with E-state index in [0.717, 1.165) is 11.8 Å². The second-order valence-electron chi connectivity index (χ2n) is 6.51. The molecule has 0 aromatic carbocycles. The minimum Gasteiger partial charge on any atom is -0.298 e. The van der Waals surface area contributed by atoms with Crippen molar-refractivity contribution in [2.75, 3.05) is 0 Å². The summed E-state index contributed by atoms with van der Waals surface area (Å²) in [6.07, 6.45) is 5.70. The highest BCUT2D eigenvalue weighted by molar-refractivity contribution is 6.15. The molecule has 0 unspecified atom stereocenters. The van der Waals surface area contributed by atoms with Gasteiger partial charge in [-0.2, -0.15) is 0 Å². The number of Topliss-reactive ketones (excluding diaryl/α,β-unsaturated/α-hetero) is 2. The van der Waals surface area contributed by atoms with Gasteiger partial charge in [0, 0.05) is 11.8 Å². The third-order valence-electron chi connectivity index (χ3n) is 5.49. The zero-order valence-corrected chi connectivity index (χ0v) is 9.64. The fourth-order valence-electron chi connectivity index (χ4n) is 4.54.